The van der Waals surface area contributed by atoms with Gasteiger partial charge in [-0.15, -0.1) is 11.3 Å². The Kier molecular flexibility index (Phi) is 7.77. The number of thiophene rings is 1. The summed E-state index contributed by atoms with van der Waals surface area (Å²) in [5, 5.41) is 11.8. The number of carbonyl (C=O) groups excluding carboxylic acids is 1. The molecular weight excluding hydrogens is 532 g/mol. The summed E-state index contributed by atoms with van der Waals surface area (Å²) in [7, 11) is 0. The first-order valence-corrected chi connectivity index (χ1v) is 12.7. The molecule has 0 unspecified atom stereocenters. The maximum atomic E-state index is 12.9. The van der Waals surface area contributed by atoms with Crippen LogP contribution in [0.5, 0.6) is 0 Å². The van der Waals surface area contributed by atoms with Gasteiger partial charge in [-0.3, -0.25) is 4.68 Å². The Balaban J connectivity index is 1.51. The van der Waals surface area contributed by atoms with E-state index in [1.165, 1.54) is 11.3 Å². The van der Waals surface area contributed by atoms with Crippen molar-refractivity contribution in [3.63, 3.8) is 0 Å². The van der Waals surface area contributed by atoms with E-state index in [0.29, 0.717) is 28.8 Å². The number of hydrogen-bond donors (Lipinski definition) is 2. The summed E-state index contributed by atoms with van der Waals surface area (Å²) in [5.41, 5.74) is 4.20. The standard InChI is InChI=1S/C25H23BrN4O2S2/c1-3-32-24(31)22-21(18-7-5-4-6-8-18)16(2)34-23(22)29-25(33)28-20-13-27-30(15-20)14-17-9-11-19(26)12-10-17/h4-13,15H,3,14H2,1-2H3,(H2,28,29,33). The molecule has 4 rings (SSSR count). The van der Waals surface area contributed by atoms with Crippen LogP contribution in [0.4, 0.5) is 10.7 Å². The van der Waals surface area contributed by atoms with Crippen LogP contribution in [0.3, 0.4) is 0 Å². The van der Waals surface area contributed by atoms with Gasteiger partial charge >= 0.3 is 5.97 Å². The zero-order chi connectivity index (χ0) is 24.1. The topological polar surface area (TPSA) is 68.2 Å². The summed E-state index contributed by atoms with van der Waals surface area (Å²) in [5.74, 6) is -0.377. The van der Waals surface area contributed by atoms with Gasteiger partial charge in [0.25, 0.3) is 0 Å². The molecule has 2 aromatic heterocycles. The van der Waals surface area contributed by atoms with Crippen molar-refractivity contribution in [2.24, 2.45) is 0 Å². The third-order valence-corrected chi connectivity index (χ3v) is 6.76. The molecule has 0 fully saturated rings. The zero-order valence-corrected chi connectivity index (χ0v) is 21.9. The van der Waals surface area contributed by atoms with Gasteiger partial charge in [-0.2, -0.15) is 5.10 Å². The predicted octanol–water partition coefficient (Wildman–Crippen LogP) is 6.72. The van der Waals surface area contributed by atoms with Crippen molar-refractivity contribution in [1.82, 2.24) is 9.78 Å². The average molecular weight is 556 g/mol. The highest BCUT2D eigenvalue weighted by molar-refractivity contribution is 9.10. The largest absolute Gasteiger partial charge is 0.462 e. The molecule has 174 valence electrons. The molecule has 2 N–H and O–H groups in total. The Bertz CT molecular complexity index is 1300. The molecule has 4 aromatic rings. The van der Waals surface area contributed by atoms with Crippen molar-refractivity contribution in [2.75, 3.05) is 17.2 Å². The van der Waals surface area contributed by atoms with Crippen LogP contribution in [0, 0.1) is 6.92 Å². The molecule has 0 aliphatic heterocycles. The van der Waals surface area contributed by atoms with Crippen LogP contribution >= 0.6 is 39.5 Å². The number of halogens is 1. The Morgan fingerprint density at radius 3 is 2.59 bits per heavy atom. The number of aryl methyl sites for hydroxylation is 1. The predicted molar refractivity (Wildman–Crippen MR) is 146 cm³/mol. The number of hydrogen-bond acceptors (Lipinski definition) is 5. The molecule has 0 saturated carbocycles. The lowest BCUT2D eigenvalue weighted by atomic mass is 10.0. The minimum atomic E-state index is -0.377. The molecule has 0 atom stereocenters. The number of carbonyl (C=O) groups is 1. The van der Waals surface area contributed by atoms with Gasteiger partial charge in [0.05, 0.1) is 25.0 Å². The third-order valence-electron chi connectivity index (χ3n) is 5.00. The summed E-state index contributed by atoms with van der Waals surface area (Å²) < 4.78 is 8.23. The lowest BCUT2D eigenvalue weighted by Gasteiger charge is -2.11. The fraction of sp³-hybridized carbons (Fsp3) is 0.160. The number of nitrogens with one attached hydrogen (secondary N) is 2. The van der Waals surface area contributed by atoms with Gasteiger partial charge in [0.2, 0.25) is 0 Å². The summed E-state index contributed by atoms with van der Waals surface area (Å²) in [6.45, 7) is 4.72. The van der Waals surface area contributed by atoms with Crippen molar-refractivity contribution in [3.05, 3.63) is 87.5 Å². The second kappa shape index (κ2) is 10.9. The summed E-state index contributed by atoms with van der Waals surface area (Å²) in [6.07, 6.45) is 3.60. The van der Waals surface area contributed by atoms with Gasteiger partial charge in [-0.1, -0.05) is 58.4 Å². The maximum absolute atomic E-state index is 12.9. The minimum absolute atomic E-state index is 0.293. The molecule has 0 bridgehead atoms. The van der Waals surface area contributed by atoms with Gasteiger partial charge in [-0.05, 0) is 49.3 Å². The van der Waals surface area contributed by atoms with Crippen molar-refractivity contribution in [3.8, 4) is 11.1 Å². The quantitative estimate of drug-likeness (QED) is 0.195. The smallest absolute Gasteiger partial charge is 0.341 e. The van der Waals surface area contributed by atoms with E-state index in [4.69, 9.17) is 17.0 Å². The fourth-order valence-electron chi connectivity index (χ4n) is 3.54. The maximum Gasteiger partial charge on any atom is 0.341 e. The van der Waals surface area contributed by atoms with Gasteiger partial charge in [0.1, 0.15) is 10.6 Å². The molecule has 2 heterocycles. The van der Waals surface area contributed by atoms with Gasteiger partial charge < -0.3 is 15.4 Å². The molecule has 2 aromatic carbocycles. The van der Waals surface area contributed by atoms with E-state index in [2.05, 4.69) is 31.7 Å². The summed E-state index contributed by atoms with van der Waals surface area (Å²) >= 11 is 10.5. The summed E-state index contributed by atoms with van der Waals surface area (Å²) in [6, 6.07) is 17.9. The molecule has 9 heteroatoms. The molecule has 0 aliphatic rings. The van der Waals surface area contributed by atoms with Crippen LogP contribution in [-0.4, -0.2) is 27.5 Å². The zero-order valence-electron chi connectivity index (χ0n) is 18.7. The number of aromatic nitrogens is 2. The number of thiocarbonyl (C=S) groups is 1. The number of anilines is 2. The number of nitrogens with zero attached hydrogens (tertiary/aromatic N) is 2. The van der Waals surface area contributed by atoms with Gasteiger partial charge in [-0.25, -0.2) is 4.79 Å². The number of ether oxygens (including phenoxy) is 1. The van der Waals surface area contributed by atoms with E-state index >= 15 is 0 Å². The normalized spacial score (nSPS) is 10.7. The van der Waals surface area contributed by atoms with Crippen LogP contribution in [0.15, 0.2) is 71.5 Å². The molecule has 0 aliphatic carbocycles. The van der Waals surface area contributed by atoms with Crippen LogP contribution in [0.25, 0.3) is 11.1 Å². The first kappa shape index (κ1) is 24.1. The molecule has 0 radical (unpaired) electrons. The Morgan fingerprint density at radius 2 is 1.88 bits per heavy atom. The number of benzene rings is 2. The lowest BCUT2D eigenvalue weighted by molar-refractivity contribution is 0.0529. The molecule has 6 nitrogen and oxygen atoms in total. The van der Waals surface area contributed by atoms with Crippen molar-refractivity contribution < 1.29 is 9.53 Å². The molecule has 0 spiro atoms. The second-order valence-electron chi connectivity index (χ2n) is 7.46. The van der Waals surface area contributed by atoms with E-state index in [1.807, 2.05) is 72.4 Å². The lowest BCUT2D eigenvalue weighted by Crippen LogP contribution is -2.20. The average Bonchev–Trinajstić information content (AvgIpc) is 3.39. The van der Waals surface area contributed by atoms with Crippen LogP contribution in [-0.2, 0) is 11.3 Å². The highest BCUT2D eigenvalue weighted by Crippen LogP contribution is 2.40. The Morgan fingerprint density at radius 1 is 1.15 bits per heavy atom. The minimum Gasteiger partial charge on any atom is -0.462 e. The second-order valence-corrected chi connectivity index (χ2v) is 10.0. The van der Waals surface area contributed by atoms with E-state index in [9.17, 15) is 4.79 Å². The first-order valence-electron chi connectivity index (χ1n) is 10.7. The molecular formula is C25H23BrN4O2S2. The molecule has 34 heavy (non-hydrogen) atoms. The van der Waals surface area contributed by atoms with E-state index in [1.54, 1.807) is 13.1 Å². The fourth-order valence-corrected chi connectivity index (χ4v) is 5.16. The van der Waals surface area contributed by atoms with Crippen LogP contribution in [0.2, 0.25) is 0 Å². The highest BCUT2D eigenvalue weighted by Gasteiger charge is 2.25. The highest BCUT2D eigenvalue weighted by atomic mass is 79.9. The van der Waals surface area contributed by atoms with Crippen molar-refractivity contribution >= 4 is 61.3 Å². The monoisotopic (exact) mass is 554 g/mol. The third kappa shape index (κ3) is 5.72. The number of rotatable bonds is 7. The molecule has 0 saturated heterocycles. The summed E-state index contributed by atoms with van der Waals surface area (Å²) in [4.78, 5) is 13.9. The van der Waals surface area contributed by atoms with E-state index in [-0.39, 0.29) is 5.97 Å². The van der Waals surface area contributed by atoms with Gasteiger partial charge in [0.15, 0.2) is 5.11 Å². The van der Waals surface area contributed by atoms with Crippen LogP contribution < -0.4 is 10.6 Å². The Labute approximate surface area is 216 Å². The molecule has 0 amide bonds. The van der Waals surface area contributed by atoms with Gasteiger partial charge in [0, 0.05) is 21.1 Å². The number of esters is 1. The SMILES string of the molecule is CCOC(=O)c1c(NC(=S)Nc2cnn(Cc3ccc(Br)cc3)c2)sc(C)c1-c1ccccc1. The van der Waals surface area contributed by atoms with Crippen LogP contribution in [0.1, 0.15) is 27.7 Å². The van der Waals surface area contributed by atoms with Crippen molar-refractivity contribution in [1.29, 1.82) is 0 Å². The first-order chi connectivity index (χ1) is 16.4. The van der Waals surface area contributed by atoms with E-state index < -0.39 is 0 Å². The van der Waals surface area contributed by atoms with E-state index in [0.717, 1.165) is 31.7 Å². The Hall–Kier alpha value is -3.01. The van der Waals surface area contributed by atoms with Crippen molar-refractivity contribution in [2.45, 2.75) is 20.4 Å².